The number of pyridine rings is 1. The molecule has 0 unspecified atom stereocenters. The molecule has 5 nitrogen and oxygen atoms in total. The van der Waals surface area contributed by atoms with Crippen LogP contribution in [0.15, 0.2) is 0 Å². The molecule has 116 valence electrons. The molecule has 1 heterocycles. The maximum absolute atomic E-state index is 11.0. The smallest absolute Gasteiger partial charge is 0.255 e. The standard InChI is InChI=1S/C17H21N3O2/c18-9-14-12-7-4-8-13(12)16(11-5-2-1-3-6-11)20-17(14)22-10-15(19)21/h11H,1-8,10H2,(H2,19,21). The van der Waals surface area contributed by atoms with Crippen LogP contribution in [0.2, 0.25) is 0 Å². The fourth-order valence-corrected chi connectivity index (χ4v) is 3.74. The molecule has 1 aromatic heterocycles. The van der Waals surface area contributed by atoms with Gasteiger partial charge in [-0.3, -0.25) is 4.79 Å². The predicted octanol–water partition coefficient (Wildman–Crippen LogP) is 2.35. The van der Waals surface area contributed by atoms with Crippen molar-refractivity contribution < 1.29 is 9.53 Å². The van der Waals surface area contributed by atoms with E-state index >= 15 is 0 Å². The predicted molar refractivity (Wildman–Crippen MR) is 81.5 cm³/mol. The van der Waals surface area contributed by atoms with E-state index in [9.17, 15) is 10.1 Å². The Labute approximate surface area is 130 Å². The second-order valence-corrected chi connectivity index (χ2v) is 6.19. The van der Waals surface area contributed by atoms with Crippen LogP contribution in [0.5, 0.6) is 5.88 Å². The van der Waals surface area contributed by atoms with E-state index in [-0.39, 0.29) is 6.61 Å². The molecule has 3 rings (SSSR count). The molecule has 1 fully saturated rings. The van der Waals surface area contributed by atoms with E-state index in [1.54, 1.807) is 0 Å². The lowest BCUT2D eigenvalue weighted by Crippen LogP contribution is -2.21. The van der Waals surface area contributed by atoms with Gasteiger partial charge in [-0.2, -0.15) is 5.26 Å². The fourth-order valence-electron chi connectivity index (χ4n) is 3.74. The van der Waals surface area contributed by atoms with Crippen LogP contribution in [-0.4, -0.2) is 17.5 Å². The number of ether oxygens (including phenoxy) is 1. The second kappa shape index (κ2) is 6.35. The lowest BCUT2D eigenvalue weighted by atomic mass is 9.84. The van der Waals surface area contributed by atoms with E-state index in [0.717, 1.165) is 43.4 Å². The van der Waals surface area contributed by atoms with Crippen molar-refractivity contribution in [3.63, 3.8) is 0 Å². The number of amides is 1. The molecule has 1 aromatic rings. The molecule has 2 aliphatic rings. The number of hydrogen-bond acceptors (Lipinski definition) is 4. The molecule has 0 aromatic carbocycles. The second-order valence-electron chi connectivity index (χ2n) is 6.19. The number of nitriles is 1. The molecule has 1 saturated carbocycles. The highest BCUT2D eigenvalue weighted by Gasteiger charge is 2.28. The summed E-state index contributed by atoms with van der Waals surface area (Å²) in [4.78, 5) is 15.6. The number of nitrogens with zero attached hydrogens (tertiary/aromatic N) is 2. The van der Waals surface area contributed by atoms with Crippen molar-refractivity contribution in [2.75, 3.05) is 6.61 Å². The molecular weight excluding hydrogens is 278 g/mol. The van der Waals surface area contributed by atoms with Gasteiger partial charge in [0.15, 0.2) is 6.61 Å². The van der Waals surface area contributed by atoms with E-state index in [1.165, 1.54) is 24.8 Å². The summed E-state index contributed by atoms with van der Waals surface area (Å²) in [6, 6.07) is 2.21. The summed E-state index contributed by atoms with van der Waals surface area (Å²) in [5.41, 5.74) is 9.09. The summed E-state index contributed by atoms with van der Waals surface area (Å²) in [7, 11) is 0. The van der Waals surface area contributed by atoms with Crippen LogP contribution in [0.25, 0.3) is 0 Å². The van der Waals surface area contributed by atoms with Crippen molar-refractivity contribution in [1.29, 1.82) is 5.26 Å². The lowest BCUT2D eigenvalue weighted by Gasteiger charge is -2.24. The first kappa shape index (κ1) is 14.8. The SMILES string of the molecule is N#Cc1c(OCC(N)=O)nc(C2CCCCC2)c2c1CCC2. The number of aromatic nitrogens is 1. The van der Waals surface area contributed by atoms with Crippen molar-refractivity contribution in [3.05, 3.63) is 22.4 Å². The molecule has 1 amide bonds. The number of carbonyl (C=O) groups excluding carboxylic acids is 1. The number of nitrogens with two attached hydrogens (primary N) is 1. The molecule has 2 aliphatic carbocycles. The van der Waals surface area contributed by atoms with Gasteiger partial charge < -0.3 is 10.5 Å². The van der Waals surface area contributed by atoms with Gasteiger partial charge in [-0.05, 0) is 43.2 Å². The summed E-state index contributed by atoms with van der Waals surface area (Å²) in [6.45, 7) is -0.232. The van der Waals surface area contributed by atoms with E-state index in [0.29, 0.717) is 17.4 Å². The van der Waals surface area contributed by atoms with E-state index in [2.05, 4.69) is 11.1 Å². The van der Waals surface area contributed by atoms with Crippen LogP contribution in [0.4, 0.5) is 0 Å². The molecule has 0 radical (unpaired) electrons. The maximum atomic E-state index is 11.0. The Morgan fingerprint density at radius 2 is 1.95 bits per heavy atom. The molecule has 2 N–H and O–H groups in total. The maximum Gasteiger partial charge on any atom is 0.255 e. The number of hydrogen-bond donors (Lipinski definition) is 1. The van der Waals surface area contributed by atoms with Crippen molar-refractivity contribution >= 4 is 5.91 Å². The van der Waals surface area contributed by atoms with Gasteiger partial charge in [0.1, 0.15) is 11.6 Å². The summed E-state index contributed by atoms with van der Waals surface area (Å²) >= 11 is 0. The summed E-state index contributed by atoms with van der Waals surface area (Å²) in [6.07, 6.45) is 9.02. The Bertz CT molecular complexity index is 628. The topological polar surface area (TPSA) is 89.0 Å². The monoisotopic (exact) mass is 299 g/mol. The quantitative estimate of drug-likeness (QED) is 0.924. The molecule has 22 heavy (non-hydrogen) atoms. The highest BCUT2D eigenvalue weighted by Crippen LogP contribution is 2.40. The number of fused-ring (bicyclic) bond motifs is 1. The zero-order chi connectivity index (χ0) is 15.5. The highest BCUT2D eigenvalue weighted by molar-refractivity contribution is 5.75. The fraction of sp³-hybridized carbons (Fsp3) is 0.588. The third kappa shape index (κ3) is 2.78. The third-order valence-corrected chi connectivity index (χ3v) is 4.72. The van der Waals surface area contributed by atoms with Crippen LogP contribution in [0.3, 0.4) is 0 Å². The van der Waals surface area contributed by atoms with Crippen LogP contribution < -0.4 is 10.5 Å². The Hall–Kier alpha value is -2.09. The first-order valence-corrected chi connectivity index (χ1v) is 8.07. The summed E-state index contributed by atoms with van der Waals surface area (Å²) in [5.74, 6) is 0.206. The third-order valence-electron chi connectivity index (χ3n) is 4.72. The van der Waals surface area contributed by atoms with Gasteiger partial charge >= 0.3 is 0 Å². The van der Waals surface area contributed by atoms with Gasteiger partial charge in [0.2, 0.25) is 5.88 Å². The Morgan fingerprint density at radius 3 is 2.64 bits per heavy atom. The molecule has 0 atom stereocenters. The molecule has 0 aliphatic heterocycles. The lowest BCUT2D eigenvalue weighted by molar-refractivity contribution is -0.120. The Kier molecular flexibility index (Phi) is 4.28. The molecule has 0 spiro atoms. The average Bonchev–Trinajstić information content (AvgIpc) is 3.01. The minimum absolute atomic E-state index is 0.232. The van der Waals surface area contributed by atoms with Gasteiger partial charge in [-0.25, -0.2) is 4.98 Å². The number of rotatable bonds is 4. The first-order chi connectivity index (χ1) is 10.7. The summed E-state index contributed by atoms with van der Waals surface area (Å²) in [5, 5.41) is 9.46. The average molecular weight is 299 g/mol. The first-order valence-electron chi connectivity index (χ1n) is 8.07. The van der Waals surface area contributed by atoms with E-state index in [1.807, 2.05) is 0 Å². The zero-order valence-corrected chi connectivity index (χ0v) is 12.7. The van der Waals surface area contributed by atoms with Crippen molar-refractivity contribution in [1.82, 2.24) is 4.98 Å². The Balaban J connectivity index is 2.02. The van der Waals surface area contributed by atoms with Crippen LogP contribution in [0, 0.1) is 11.3 Å². The molecular formula is C17H21N3O2. The molecule has 0 saturated heterocycles. The van der Waals surface area contributed by atoms with Crippen molar-refractivity contribution in [2.45, 2.75) is 57.3 Å². The Morgan fingerprint density at radius 1 is 1.23 bits per heavy atom. The largest absolute Gasteiger partial charge is 0.467 e. The highest BCUT2D eigenvalue weighted by atomic mass is 16.5. The minimum Gasteiger partial charge on any atom is -0.467 e. The molecule has 5 heteroatoms. The zero-order valence-electron chi connectivity index (χ0n) is 12.7. The van der Waals surface area contributed by atoms with E-state index < -0.39 is 5.91 Å². The van der Waals surface area contributed by atoms with E-state index in [4.69, 9.17) is 10.5 Å². The number of carbonyl (C=O) groups is 1. The normalized spacial score (nSPS) is 17.8. The van der Waals surface area contributed by atoms with Crippen LogP contribution >= 0.6 is 0 Å². The minimum atomic E-state index is -0.551. The van der Waals surface area contributed by atoms with Crippen molar-refractivity contribution in [2.24, 2.45) is 5.73 Å². The van der Waals surface area contributed by atoms with Crippen molar-refractivity contribution in [3.8, 4) is 11.9 Å². The van der Waals surface area contributed by atoms with Gasteiger partial charge in [0.05, 0.1) is 5.69 Å². The van der Waals surface area contributed by atoms with Crippen LogP contribution in [-0.2, 0) is 17.6 Å². The van der Waals surface area contributed by atoms with Gasteiger partial charge in [-0.1, -0.05) is 19.3 Å². The number of primary amides is 1. The van der Waals surface area contributed by atoms with Crippen LogP contribution in [0.1, 0.15) is 66.8 Å². The van der Waals surface area contributed by atoms with Gasteiger partial charge in [-0.15, -0.1) is 0 Å². The summed E-state index contributed by atoms with van der Waals surface area (Å²) < 4.78 is 5.44. The van der Waals surface area contributed by atoms with Gasteiger partial charge in [0, 0.05) is 5.92 Å². The van der Waals surface area contributed by atoms with Gasteiger partial charge in [0.25, 0.3) is 5.91 Å². The molecule has 0 bridgehead atoms.